The van der Waals surface area contributed by atoms with Gasteiger partial charge in [-0.1, -0.05) is 30.0 Å². The van der Waals surface area contributed by atoms with Crippen LogP contribution in [0.2, 0.25) is 0 Å². The molecule has 0 saturated heterocycles. The van der Waals surface area contributed by atoms with Gasteiger partial charge in [-0.3, -0.25) is 4.79 Å². The fourth-order valence-corrected chi connectivity index (χ4v) is 3.80. The van der Waals surface area contributed by atoms with E-state index in [-0.39, 0.29) is 5.91 Å². The molecule has 0 saturated carbocycles. The first kappa shape index (κ1) is 15.5. The number of allylic oxidation sites excluding steroid dienone is 1. The van der Waals surface area contributed by atoms with Gasteiger partial charge in [0.1, 0.15) is 0 Å². The maximum Gasteiger partial charge on any atom is 0.275 e. The number of carbonyl (C=O) groups excluding carboxylic acids is 1. The van der Waals surface area contributed by atoms with Crippen molar-refractivity contribution in [3.8, 4) is 0 Å². The van der Waals surface area contributed by atoms with E-state index in [0.29, 0.717) is 11.3 Å². The third kappa shape index (κ3) is 2.92. The standard InChI is InChI=1S/C19H16N4OS/c1-11-18(19(24)23-22-11)16-10-17(14-4-2-3-5-15(14)21-16)25-13-8-6-12(20)7-9-13/h2-10,21H,20H2,1H3,(H,23,24). The van der Waals surface area contributed by atoms with Gasteiger partial charge in [-0.2, -0.15) is 5.10 Å². The third-order valence-corrected chi connectivity index (χ3v) is 5.09. The van der Waals surface area contributed by atoms with E-state index in [1.165, 1.54) is 0 Å². The van der Waals surface area contributed by atoms with Crippen LogP contribution in [-0.4, -0.2) is 11.6 Å². The first-order valence-corrected chi connectivity index (χ1v) is 8.64. The Balaban J connectivity index is 1.80. The van der Waals surface area contributed by atoms with Gasteiger partial charge >= 0.3 is 0 Å². The summed E-state index contributed by atoms with van der Waals surface area (Å²) in [5.41, 5.74) is 13.1. The number of nitrogen functional groups attached to an aromatic ring is 1. The zero-order valence-electron chi connectivity index (χ0n) is 13.5. The van der Waals surface area contributed by atoms with E-state index in [0.717, 1.165) is 32.4 Å². The van der Waals surface area contributed by atoms with Gasteiger partial charge in [0.05, 0.1) is 17.0 Å². The number of benzene rings is 2. The van der Waals surface area contributed by atoms with Crippen molar-refractivity contribution in [3.05, 3.63) is 71.4 Å². The lowest BCUT2D eigenvalue weighted by Gasteiger charge is -2.22. The molecule has 25 heavy (non-hydrogen) atoms. The molecule has 0 unspecified atom stereocenters. The predicted octanol–water partition coefficient (Wildman–Crippen LogP) is 3.59. The topological polar surface area (TPSA) is 79.5 Å². The van der Waals surface area contributed by atoms with E-state index in [1.54, 1.807) is 11.8 Å². The van der Waals surface area contributed by atoms with Crippen LogP contribution < -0.4 is 16.5 Å². The Morgan fingerprint density at radius 2 is 1.84 bits per heavy atom. The summed E-state index contributed by atoms with van der Waals surface area (Å²) in [7, 11) is 0. The summed E-state index contributed by atoms with van der Waals surface area (Å²) in [6, 6.07) is 15.8. The second-order valence-electron chi connectivity index (χ2n) is 5.78. The first-order valence-electron chi connectivity index (χ1n) is 7.82. The lowest BCUT2D eigenvalue weighted by Crippen LogP contribution is -2.18. The number of nitrogens with two attached hydrogens (primary N) is 1. The number of para-hydroxylation sites is 1. The monoisotopic (exact) mass is 348 g/mol. The van der Waals surface area contributed by atoms with Crippen LogP contribution in [-0.2, 0) is 4.79 Å². The normalized spacial score (nSPS) is 18.8. The Morgan fingerprint density at radius 1 is 1.08 bits per heavy atom. The number of hydrazone groups is 1. The summed E-state index contributed by atoms with van der Waals surface area (Å²) in [6.07, 6.45) is 2.00. The molecule has 0 aliphatic carbocycles. The average Bonchev–Trinajstić information content (AvgIpc) is 2.95. The second-order valence-corrected chi connectivity index (χ2v) is 6.89. The fraction of sp³-hybridized carbons (Fsp3) is 0.0526. The van der Waals surface area contributed by atoms with E-state index in [1.807, 2.05) is 55.5 Å². The largest absolute Gasteiger partial charge is 0.399 e. The number of nitrogens with zero attached hydrogens (tertiary/aromatic N) is 1. The summed E-state index contributed by atoms with van der Waals surface area (Å²) in [6.45, 7) is 1.82. The molecule has 4 N–H and O–H groups in total. The summed E-state index contributed by atoms with van der Waals surface area (Å²) >= 11 is 1.64. The zero-order chi connectivity index (χ0) is 17.4. The van der Waals surface area contributed by atoms with E-state index < -0.39 is 0 Å². The molecule has 2 aromatic rings. The minimum atomic E-state index is -0.188. The highest BCUT2D eigenvalue weighted by Crippen LogP contribution is 2.42. The van der Waals surface area contributed by atoms with Gasteiger partial charge in [0.25, 0.3) is 5.91 Å². The highest BCUT2D eigenvalue weighted by molar-refractivity contribution is 8.08. The van der Waals surface area contributed by atoms with Crippen LogP contribution >= 0.6 is 11.8 Å². The van der Waals surface area contributed by atoms with Gasteiger partial charge in [0, 0.05) is 26.7 Å². The maximum absolute atomic E-state index is 12.1. The maximum atomic E-state index is 12.1. The number of carbonyl (C=O) groups is 1. The van der Waals surface area contributed by atoms with Crippen LogP contribution in [0.1, 0.15) is 12.5 Å². The molecule has 2 aliphatic heterocycles. The van der Waals surface area contributed by atoms with Gasteiger partial charge in [-0.15, -0.1) is 0 Å². The molecule has 4 rings (SSSR count). The minimum Gasteiger partial charge on any atom is -0.399 e. The summed E-state index contributed by atoms with van der Waals surface area (Å²) in [4.78, 5) is 14.3. The molecule has 0 bridgehead atoms. The Morgan fingerprint density at radius 3 is 2.56 bits per heavy atom. The van der Waals surface area contributed by atoms with Crippen LogP contribution in [0, 0.1) is 0 Å². The molecule has 0 spiro atoms. The molecule has 6 heteroatoms. The molecule has 5 nitrogen and oxygen atoms in total. The molecule has 1 amide bonds. The van der Waals surface area contributed by atoms with Crippen molar-refractivity contribution < 1.29 is 4.79 Å². The Hall–Kier alpha value is -2.99. The molecular formula is C19H16N4OS. The molecule has 124 valence electrons. The number of fused-ring (bicyclic) bond motifs is 1. The van der Waals surface area contributed by atoms with Crippen molar-refractivity contribution in [1.82, 2.24) is 5.43 Å². The number of rotatable bonds is 2. The van der Waals surface area contributed by atoms with Gasteiger partial charge in [0.15, 0.2) is 0 Å². The van der Waals surface area contributed by atoms with Crippen molar-refractivity contribution in [2.45, 2.75) is 11.8 Å². The summed E-state index contributed by atoms with van der Waals surface area (Å²) < 4.78 is 0. The van der Waals surface area contributed by atoms with Crippen molar-refractivity contribution in [2.24, 2.45) is 5.10 Å². The SMILES string of the molecule is CC1=NNC(=O)C1=C1C=C(Sc2ccc(N)cc2)c2ccccc2N1. The Kier molecular flexibility index (Phi) is 3.82. The smallest absolute Gasteiger partial charge is 0.275 e. The summed E-state index contributed by atoms with van der Waals surface area (Å²) in [5.74, 6) is -0.188. The molecule has 0 radical (unpaired) electrons. The van der Waals surface area contributed by atoms with Crippen molar-refractivity contribution in [3.63, 3.8) is 0 Å². The Labute approximate surface area is 149 Å². The van der Waals surface area contributed by atoms with Crippen LogP contribution in [0.3, 0.4) is 0 Å². The van der Waals surface area contributed by atoms with Crippen LogP contribution in [0.15, 0.2) is 75.9 Å². The number of hydrogen-bond acceptors (Lipinski definition) is 5. The van der Waals surface area contributed by atoms with Crippen LogP contribution in [0.4, 0.5) is 11.4 Å². The molecule has 2 heterocycles. The quantitative estimate of drug-likeness (QED) is 0.572. The summed E-state index contributed by atoms with van der Waals surface area (Å²) in [5, 5.41) is 7.37. The van der Waals surface area contributed by atoms with E-state index in [9.17, 15) is 4.79 Å². The molecule has 0 fully saturated rings. The van der Waals surface area contributed by atoms with Crippen LogP contribution in [0.5, 0.6) is 0 Å². The minimum absolute atomic E-state index is 0.188. The van der Waals surface area contributed by atoms with E-state index >= 15 is 0 Å². The number of anilines is 2. The fourth-order valence-electron chi connectivity index (χ4n) is 2.81. The van der Waals surface area contributed by atoms with Gasteiger partial charge in [-0.05, 0) is 43.3 Å². The third-order valence-electron chi connectivity index (χ3n) is 4.03. The molecule has 2 aliphatic rings. The lowest BCUT2D eigenvalue weighted by atomic mass is 10.0. The van der Waals surface area contributed by atoms with E-state index in [4.69, 9.17) is 5.73 Å². The van der Waals surface area contributed by atoms with Crippen molar-refractivity contribution >= 4 is 39.7 Å². The number of nitrogens with one attached hydrogen (secondary N) is 2. The lowest BCUT2D eigenvalue weighted by molar-refractivity contribution is -0.116. The van der Waals surface area contributed by atoms with E-state index in [2.05, 4.69) is 21.9 Å². The average molecular weight is 348 g/mol. The number of hydrogen-bond donors (Lipinski definition) is 3. The van der Waals surface area contributed by atoms with Crippen LogP contribution in [0.25, 0.3) is 4.91 Å². The predicted molar refractivity (Wildman–Crippen MR) is 103 cm³/mol. The molecule has 0 atom stereocenters. The first-order chi connectivity index (χ1) is 12.1. The van der Waals surface area contributed by atoms with Crippen molar-refractivity contribution in [2.75, 3.05) is 11.1 Å². The number of amides is 1. The second kappa shape index (κ2) is 6.14. The highest BCUT2D eigenvalue weighted by atomic mass is 32.2. The Bertz CT molecular complexity index is 958. The highest BCUT2D eigenvalue weighted by Gasteiger charge is 2.26. The number of thioether (sulfide) groups is 1. The zero-order valence-corrected chi connectivity index (χ0v) is 14.4. The van der Waals surface area contributed by atoms with Gasteiger partial charge in [-0.25, -0.2) is 5.43 Å². The molecule has 0 aromatic heterocycles. The molecular weight excluding hydrogens is 332 g/mol. The van der Waals surface area contributed by atoms with Crippen molar-refractivity contribution in [1.29, 1.82) is 0 Å². The van der Waals surface area contributed by atoms with Gasteiger partial charge in [0.2, 0.25) is 0 Å². The molecule has 2 aromatic carbocycles. The van der Waals surface area contributed by atoms with Gasteiger partial charge < -0.3 is 11.1 Å².